The zero-order valence-electron chi connectivity index (χ0n) is 13.9. The van der Waals surface area contributed by atoms with Crippen molar-refractivity contribution in [1.82, 2.24) is 9.55 Å². The van der Waals surface area contributed by atoms with Crippen LogP contribution in [-0.2, 0) is 34.8 Å². The van der Waals surface area contributed by atoms with Gasteiger partial charge in [-0.15, -0.1) is 0 Å². The fraction of sp³-hybridized carbons (Fsp3) is 0.444. The van der Waals surface area contributed by atoms with Gasteiger partial charge in [-0.05, 0) is 30.0 Å². The monoisotopic (exact) mass is 313 g/mol. The Hall–Kier alpha value is -2.30. The van der Waals surface area contributed by atoms with E-state index in [2.05, 4.69) is 40.0 Å². The first-order valence-electron chi connectivity index (χ1n) is 7.94. The van der Waals surface area contributed by atoms with E-state index in [0.717, 1.165) is 25.1 Å². The summed E-state index contributed by atoms with van der Waals surface area (Å²) in [7, 11) is 2.02. The number of anilines is 1. The van der Waals surface area contributed by atoms with Crippen molar-refractivity contribution in [2.24, 2.45) is 7.05 Å². The molecule has 1 aromatic carbocycles. The highest BCUT2D eigenvalue weighted by Crippen LogP contribution is 2.37. The third-order valence-corrected chi connectivity index (χ3v) is 4.58. The van der Waals surface area contributed by atoms with E-state index in [1.165, 1.54) is 23.7 Å². The number of hydrogen-bond acceptors (Lipinski definition) is 4. The summed E-state index contributed by atoms with van der Waals surface area (Å²) in [5, 5.41) is 3.42. The molecule has 0 amide bonds. The Kier molecular flexibility index (Phi) is 4.11. The number of nitrogens with zero attached hydrogens (tertiary/aromatic N) is 2. The van der Waals surface area contributed by atoms with E-state index in [4.69, 9.17) is 4.74 Å². The van der Waals surface area contributed by atoms with Gasteiger partial charge < -0.3 is 14.6 Å². The second-order valence-corrected chi connectivity index (χ2v) is 6.57. The molecule has 2 aromatic rings. The summed E-state index contributed by atoms with van der Waals surface area (Å²) in [6.07, 6.45) is 5.68. The molecule has 2 heterocycles. The van der Waals surface area contributed by atoms with Crippen molar-refractivity contribution in [3.05, 3.63) is 47.5 Å². The lowest BCUT2D eigenvalue weighted by Crippen LogP contribution is -2.31. The molecule has 1 atom stereocenters. The normalized spacial score (nSPS) is 19.3. The minimum atomic E-state index is -0.230. The van der Waals surface area contributed by atoms with E-state index in [-0.39, 0.29) is 11.4 Å². The Labute approximate surface area is 136 Å². The maximum absolute atomic E-state index is 11.1. The van der Waals surface area contributed by atoms with Crippen molar-refractivity contribution in [2.45, 2.75) is 32.1 Å². The number of hydrogen-bond donors (Lipinski definition) is 1. The summed E-state index contributed by atoms with van der Waals surface area (Å²) >= 11 is 0. The molecule has 0 saturated carbocycles. The van der Waals surface area contributed by atoms with Crippen LogP contribution in [0.3, 0.4) is 0 Å². The number of rotatable bonds is 5. The van der Waals surface area contributed by atoms with Crippen LogP contribution in [0, 0.1) is 0 Å². The minimum Gasteiger partial charge on any atom is -0.465 e. The Morgan fingerprint density at radius 3 is 2.96 bits per heavy atom. The number of aryl methyl sites for hydroxylation is 3. The summed E-state index contributed by atoms with van der Waals surface area (Å²) in [6, 6.07) is 6.54. The number of carbonyl (C=O) groups is 1. The topological polar surface area (TPSA) is 56.1 Å². The average Bonchev–Trinajstić information content (AvgIpc) is 3.08. The first kappa shape index (κ1) is 15.6. The molecule has 0 spiro atoms. The fourth-order valence-corrected chi connectivity index (χ4v) is 3.07. The molecule has 5 nitrogen and oxygen atoms in total. The van der Waals surface area contributed by atoms with Crippen LogP contribution >= 0.6 is 0 Å². The van der Waals surface area contributed by atoms with Crippen LogP contribution < -0.4 is 5.32 Å². The van der Waals surface area contributed by atoms with Crippen molar-refractivity contribution < 1.29 is 9.53 Å². The molecule has 0 aliphatic carbocycles. The van der Waals surface area contributed by atoms with Gasteiger partial charge in [0, 0.05) is 43.5 Å². The minimum absolute atomic E-state index is 0.163. The van der Waals surface area contributed by atoms with Crippen LogP contribution in [0.5, 0.6) is 0 Å². The number of aromatic nitrogens is 2. The third-order valence-electron chi connectivity index (χ3n) is 4.58. The first-order chi connectivity index (χ1) is 11.0. The highest BCUT2D eigenvalue weighted by atomic mass is 16.5. The standard InChI is InChI=1S/C18H23N3O2/c1-13(22)23-11-18(2)10-20-17-7-5-14(8-16(17)18)4-6-15-9-19-12-21(15)3/h5,7-9,12,20H,4,6,10-11H2,1-3H3. The maximum Gasteiger partial charge on any atom is 0.302 e. The Morgan fingerprint density at radius 2 is 2.26 bits per heavy atom. The lowest BCUT2D eigenvalue weighted by molar-refractivity contribution is -0.142. The number of nitrogens with one attached hydrogen (secondary N) is 1. The quantitative estimate of drug-likeness (QED) is 0.862. The number of ether oxygens (including phenoxy) is 1. The van der Waals surface area contributed by atoms with Gasteiger partial charge in [0.05, 0.1) is 6.33 Å². The molecular weight excluding hydrogens is 290 g/mol. The molecule has 23 heavy (non-hydrogen) atoms. The van der Waals surface area contributed by atoms with Gasteiger partial charge in [-0.3, -0.25) is 4.79 Å². The molecule has 1 unspecified atom stereocenters. The van der Waals surface area contributed by atoms with Gasteiger partial charge in [-0.1, -0.05) is 19.1 Å². The van der Waals surface area contributed by atoms with Crippen molar-refractivity contribution in [1.29, 1.82) is 0 Å². The van der Waals surface area contributed by atoms with Crippen LogP contribution in [-0.4, -0.2) is 28.7 Å². The number of fused-ring (bicyclic) bond motifs is 1. The Balaban J connectivity index is 1.75. The number of carbonyl (C=O) groups excluding carboxylic acids is 1. The summed E-state index contributed by atoms with van der Waals surface area (Å²) in [6.45, 7) is 4.80. The molecule has 0 bridgehead atoms. The zero-order chi connectivity index (χ0) is 16.4. The largest absolute Gasteiger partial charge is 0.465 e. The van der Waals surface area contributed by atoms with Crippen molar-refractivity contribution >= 4 is 11.7 Å². The average molecular weight is 313 g/mol. The zero-order valence-corrected chi connectivity index (χ0v) is 13.9. The van der Waals surface area contributed by atoms with E-state index in [1.54, 1.807) is 0 Å². The van der Waals surface area contributed by atoms with E-state index in [0.29, 0.717) is 6.61 Å². The maximum atomic E-state index is 11.1. The molecule has 5 heteroatoms. The molecule has 0 radical (unpaired) electrons. The highest BCUT2D eigenvalue weighted by Gasteiger charge is 2.35. The van der Waals surface area contributed by atoms with Gasteiger partial charge in [-0.25, -0.2) is 4.98 Å². The summed E-state index contributed by atoms with van der Waals surface area (Å²) < 4.78 is 7.32. The lowest BCUT2D eigenvalue weighted by Gasteiger charge is -2.23. The van der Waals surface area contributed by atoms with Crippen LogP contribution in [0.25, 0.3) is 0 Å². The molecule has 1 N–H and O–H groups in total. The second kappa shape index (κ2) is 6.07. The molecular formula is C18H23N3O2. The fourth-order valence-electron chi connectivity index (χ4n) is 3.07. The van der Waals surface area contributed by atoms with E-state index < -0.39 is 0 Å². The van der Waals surface area contributed by atoms with E-state index in [1.807, 2.05) is 19.6 Å². The van der Waals surface area contributed by atoms with Crippen LogP contribution in [0.15, 0.2) is 30.7 Å². The van der Waals surface area contributed by atoms with Crippen LogP contribution in [0.2, 0.25) is 0 Å². The first-order valence-corrected chi connectivity index (χ1v) is 7.94. The summed E-state index contributed by atoms with van der Waals surface area (Å²) in [4.78, 5) is 15.3. The van der Waals surface area contributed by atoms with E-state index >= 15 is 0 Å². The molecule has 1 aromatic heterocycles. The van der Waals surface area contributed by atoms with Crippen molar-refractivity contribution in [3.63, 3.8) is 0 Å². The van der Waals surface area contributed by atoms with Gasteiger partial charge in [0.25, 0.3) is 0 Å². The van der Waals surface area contributed by atoms with Crippen molar-refractivity contribution in [3.8, 4) is 0 Å². The van der Waals surface area contributed by atoms with Gasteiger partial charge >= 0.3 is 5.97 Å². The highest BCUT2D eigenvalue weighted by molar-refractivity contribution is 5.67. The Morgan fingerprint density at radius 1 is 1.43 bits per heavy atom. The number of imidazole rings is 1. The molecule has 1 aliphatic rings. The molecule has 1 aliphatic heterocycles. The van der Waals surface area contributed by atoms with Crippen LogP contribution in [0.4, 0.5) is 5.69 Å². The predicted molar refractivity (Wildman–Crippen MR) is 89.5 cm³/mol. The Bertz CT molecular complexity index is 723. The SMILES string of the molecule is CC(=O)OCC1(C)CNc2ccc(CCc3cncn3C)cc21. The van der Waals surface area contributed by atoms with Crippen molar-refractivity contribution in [2.75, 3.05) is 18.5 Å². The van der Waals surface area contributed by atoms with Gasteiger partial charge in [-0.2, -0.15) is 0 Å². The molecule has 122 valence electrons. The number of esters is 1. The lowest BCUT2D eigenvalue weighted by atomic mass is 9.84. The van der Waals surface area contributed by atoms with Gasteiger partial charge in [0.2, 0.25) is 0 Å². The van der Waals surface area contributed by atoms with Crippen LogP contribution in [0.1, 0.15) is 30.7 Å². The number of benzene rings is 1. The smallest absolute Gasteiger partial charge is 0.302 e. The van der Waals surface area contributed by atoms with Gasteiger partial charge in [0.1, 0.15) is 6.61 Å². The van der Waals surface area contributed by atoms with E-state index in [9.17, 15) is 4.79 Å². The van der Waals surface area contributed by atoms with Gasteiger partial charge in [0.15, 0.2) is 0 Å². The molecule has 0 saturated heterocycles. The third kappa shape index (κ3) is 3.23. The predicted octanol–water partition coefficient (Wildman–Crippen LogP) is 2.45. The molecule has 0 fully saturated rings. The summed E-state index contributed by atoms with van der Waals surface area (Å²) in [5.74, 6) is -0.230. The second-order valence-electron chi connectivity index (χ2n) is 6.57. The molecule has 3 rings (SSSR count). The summed E-state index contributed by atoms with van der Waals surface area (Å²) in [5.41, 5.74) is 4.74.